The fraction of sp³-hybridized carbons (Fsp3) is 0.905. The summed E-state index contributed by atoms with van der Waals surface area (Å²) in [5.41, 5.74) is 1.66. The van der Waals surface area contributed by atoms with Crippen LogP contribution >= 0.6 is 0 Å². The third kappa shape index (κ3) is 6.86. The first-order chi connectivity index (χ1) is 10.5. The molecule has 0 aromatic heterocycles. The summed E-state index contributed by atoms with van der Waals surface area (Å²) in [6, 6.07) is 0. The summed E-state index contributed by atoms with van der Waals surface area (Å²) in [6.07, 6.45) is 13.7. The van der Waals surface area contributed by atoms with Crippen molar-refractivity contribution in [2.24, 2.45) is 5.92 Å². The van der Waals surface area contributed by atoms with Crippen LogP contribution in [-0.4, -0.2) is 24.0 Å². The molecule has 0 rings (SSSR count). The van der Waals surface area contributed by atoms with E-state index in [1.54, 1.807) is 0 Å². The van der Waals surface area contributed by atoms with Crippen molar-refractivity contribution in [2.75, 3.05) is 13.6 Å². The van der Waals surface area contributed by atoms with Crippen LogP contribution in [0.2, 0.25) is 0 Å². The lowest BCUT2D eigenvalue weighted by Crippen LogP contribution is -2.51. The lowest BCUT2D eigenvalue weighted by molar-refractivity contribution is 0.0585. The molecule has 0 aliphatic carbocycles. The lowest BCUT2D eigenvalue weighted by Gasteiger charge is -2.47. The van der Waals surface area contributed by atoms with Crippen LogP contribution in [-0.2, 0) is 0 Å². The fourth-order valence-corrected chi connectivity index (χ4v) is 3.87. The quantitative estimate of drug-likeness (QED) is 0.251. The molecule has 2 atom stereocenters. The van der Waals surface area contributed by atoms with Crippen LogP contribution < -0.4 is 0 Å². The van der Waals surface area contributed by atoms with E-state index in [2.05, 4.69) is 53.1 Å². The SMILES string of the molecule is C=C(C)[C@@H](C)C(CCC)(CCCCCCCCC)N(C)CC. The summed E-state index contributed by atoms with van der Waals surface area (Å²) in [7, 11) is 2.32. The summed E-state index contributed by atoms with van der Waals surface area (Å²) in [6.45, 7) is 16.9. The molecule has 1 nitrogen and oxygen atoms in total. The molecule has 0 spiro atoms. The first-order valence-electron chi connectivity index (χ1n) is 9.82. The van der Waals surface area contributed by atoms with E-state index in [1.807, 2.05) is 0 Å². The van der Waals surface area contributed by atoms with E-state index < -0.39 is 0 Å². The summed E-state index contributed by atoms with van der Waals surface area (Å²) < 4.78 is 0. The molecule has 22 heavy (non-hydrogen) atoms. The van der Waals surface area contributed by atoms with Gasteiger partial charge in [-0.05, 0) is 39.3 Å². The van der Waals surface area contributed by atoms with Gasteiger partial charge in [-0.2, -0.15) is 0 Å². The van der Waals surface area contributed by atoms with Gasteiger partial charge in [-0.25, -0.2) is 0 Å². The van der Waals surface area contributed by atoms with Crippen molar-refractivity contribution >= 4 is 0 Å². The van der Waals surface area contributed by atoms with Gasteiger partial charge in [0.2, 0.25) is 0 Å². The molecule has 1 unspecified atom stereocenters. The molecule has 0 amide bonds. The van der Waals surface area contributed by atoms with E-state index >= 15 is 0 Å². The number of hydrogen-bond acceptors (Lipinski definition) is 1. The molecule has 0 aliphatic rings. The molecule has 0 saturated heterocycles. The Labute approximate surface area is 141 Å². The van der Waals surface area contributed by atoms with E-state index in [-0.39, 0.29) is 0 Å². The van der Waals surface area contributed by atoms with Crippen molar-refractivity contribution in [3.05, 3.63) is 12.2 Å². The van der Waals surface area contributed by atoms with Gasteiger partial charge in [0, 0.05) is 5.54 Å². The largest absolute Gasteiger partial charge is 0.300 e. The topological polar surface area (TPSA) is 3.24 Å². The monoisotopic (exact) mass is 309 g/mol. The Morgan fingerprint density at radius 1 is 0.909 bits per heavy atom. The smallest absolute Gasteiger partial charge is 0.0268 e. The zero-order chi connectivity index (χ0) is 17.0. The van der Waals surface area contributed by atoms with Crippen LogP contribution in [0.5, 0.6) is 0 Å². The minimum atomic E-state index is 0.318. The first kappa shape index (κ1) is 21.7. The molecule has 0 aromatic rings. The van der Waals surface area contributed by atoms with Crippen LogP contribution in [0, 0.1) is 5.92 Å². The summed E-state index contributed by atoms with van der Waals surface area (Å²) >= 11 is 0. The highest BCUT2D eigenvalue weighted by molar-refractivity contribution is 5.08. The predicted octanol–water partition coefficient (Wildman–Crippen LogP) is 6.83. The van der Waals surface area contributed by atoms with Crippen LogP contribution in [0.4, 0.5) is 0 Å². The van der Waals surface area contributed by atoms with Crippen molar-refractivity contribution in [3.8, 4) is 0 Å². The Kier molecular flexibility index (Phi) is 12.0. The number of unbranched alkanes of at least 4 members (excludes halogenated alkanes) is 6. The average molecular weight is 310 g/mol. The maximum Gasteiger partial charge on any atom is 0.0268 e. The highest BCUT2D eigenvalue weighted by Crippen LogP contribution is 2.38. The number of rotatable bonds is 14. The highest BCUT2D eigenvalue weighted by atomic mass is 15.2. The van der Waals surface area contributed by atoms with E-state index in [0.29, 0.717) is 11.5 Å². The van der Waals surface area contributed by atoms with Gasteiger partial charge in [0.1, 0.15) is 0 Å². The van der Waals surface area contributed by atoms with Crippen molar-refractivity contribution in [1.82, 2.24) is 4.90 Å². The maximum absolute atomic E-state index is 4.27. The second-order valence-corrected chi connectivity index (χ2v) is 7.31. The van der Waals surface area contributed by atoms with Gasteiger partial charge in [0.05, 0.1) is 0 Å². The lowest BCUT2D eigenvalue weighted by atomic mass is 9.73. The third-order valence-corrected chi connectivity index (χ3v) is 5.68. The molecule has 0 radical (unpaired) electrons. The van der Waals surface area contributed by atoms with Crippen LogP contribution in [0.3, 0.4) is 0 Å². The Hall–Kier alpha value is -0.300. The number of hydrogen-bond donors (Lipinski definition) is 0. The summed E-state index contributed by atoms with van der Waals surface area (Å²) in [5.74, 6) is 0.581. The Morgan fingerprint density at radius 3 is 1.91 bits per heavy atom. The van der Waals surface area contributed by atoms with E-state index in [1.165, 1.54) is 69.8 Å². The first-order valence-corrected chi connectivity index (χ1v) is 9.82. The molecule has 0 heterocycles. The third-order valence-electron chi connectivity index (χ3n) is 5.68. The summed E-state index contributed by atoms with van der Waals surface area (Å²) in [5, 5.41) is 0. The zero-order valence-corrected chi connectivity index (χ0v) is 16.5. The minimum Gasteiger partial charge on any atom is -0.300 e. The van der Waals surface area contributed by atoms with Gasteiger partial charge in [0.15, 0.2) is 0 Å². The van der Waals surface area contributed by atoms with Crippen molar-refractivity contribution < 1.29 is 0 Å². The van der Waals surface area contributed by atoms with E-state index in [0.717, 1.165) is 6.54 Å². The maximum atomic E-state index is 4.27. The van der Waals surface area contributed by atoms with Gasteiger partial charge in [0.25, 0.3) is 0 Å². The molecular weight excluding hydrogens is 266 g/mol. The van der Waals surface area contributed by atoms with E-state index in [9.17, 15) is 0 Å². The Balaban J connectivity index is 4.61. The molecule has 1 heteroatoms. The van der Waals surface area contributed by atoms with Crippen LogP contribution in [0.1, 0.15) is 98.8 Å². The minimum absolute atomic E-state index is 0.318. The van der Waals surface area contributed by atoms with Crippen LogP contribution in [0.15, 0.2) is 12.2 Å². The molecule has 132 valence electrons. The second-order valence-electron chi connectivity index (χ2n) is 7.31. The van der Waals surface area contributed by atoms with E-state index in [4.69, 9.17) is 0 Å². The predicted molar refractivity (Wildman–Crippen MR) is 103 cm³/mol. The molecule has 0 N–H and O–H groups in total. The van der Waals surface area contributed by atoms with Gasteiger partial charge in [-0.3, -0.25) is 0 Å². The van der Waals surface area contributed by atoms with Gasteiger partial charge in [-0.1, -0.05) is 91.2 Å². The number of nitrogens with zero attached hydrogens (tertiary/aromatic N) is 1. The van der Waals surface area contributed by atoms with Gasteiger partial charge in [-0.15, -0.1) is 0 Å². The van der Waals surface area contributed by atoms with Crippen molar-refractivity contribution in [1.29, 1.82) is 0 Å². The summed E-state index contributed by atoms with van der Waals surface area (Å²) in [4.78, 5) is 2.60. The van der Waals surface area contributed by atoms with Gasteiger partial charge >= 0.3 is 0 Å². The Morgan fingerprint density at radius 2 is 1.45 bits per heavy atom. The molecule has 0 aliphatic heterocycles. The molecule has 0 bridgehead atoms. The Bertz CT molecular complexity index is 284. The molecule has 0 saturated carbocycles. The fourth-order valence-electron chi connectivity index (χ4n) is 3.87. The molecule has 0 aromatic carbocycles. The normalized spacial score (nSPS) is 15.8. The second kappa shape index (κ2) is 12.2. The molecular formula is C21H43N. The van der Waals surface area contributed by atoms with Crippen LogP contribution in [0.25, 0.3) is 0 Å². The average Bonchev–Trinajstić information content (AvgIpc) is 2.51. The standard InChI is InChI=1S/C21H43N/c1-8-11-12-13-14-15-16-18-21(17-9-2,22(7)10-3)20(6)19(4)5/h20H,4,8-18H2,1-3,5-7H3/t20-,21?/m1/s1. The van der Waals surface area contributed by atoms with Crippen molar-refractivity contribution in [3.63, 3.8) is 0 Å². The highest BCUT2D eigenvalue weighted by Gasteiger charge is 2.38. The van der Waals surface area contributed by atoms with Gasteiger partial charge < -0.3 is 4.90 Å². The molecule has 0 fully saturated rings. The zero-order valence-electron chi connectivity index (χ0n) is 16.5. The van der Waals surface area contributed by atoms with Crippen molar-refractivity contribution in [2.45, 2.75) is 104 Å².